The quantitative estimate of drug-likeness (QED) is 0.714. The van der Waals surface area contributed by atoms with Crippen LogP contribution in [-0.4, -0.2) is 37.0 Å². The zero-order valence-corrected chi connectivity index (χ0v) is 14.4. The second-order valence-corrected chi connectivity index (χ2v) is 6.43. The van der Waals surface area contributed by atoms with Crippen molar-refractivity contribution in [3.63, 3.8) is 0 Å². The fourth-order valence-electron chi connectivity index (χ4n) is 3.58. The number of piperazine rings is 1. The summed E-state index contributed by atoms with van der Waals surface area (Å²) in [4.78, 5) is 17.1. The van der Waals surface area contributed by atoms with Crippen molar-refractivity contribution < 1.29 is 4.79 Å². The minimum Gasteiger partial charge on any atom is -0.367 e. The lowest BCUT2D eigenvalue weighted by atomic mass is 10.0. The highest BCUT2D eigenvalue weighted by Crippen LogP contribution is 2.23. The average Bonchev–Trinajstić information content (AvgIpc) is 2.73. The van der Waals surface area contributed by atoms with Crippen LogP contribution in [0.15, 0.2) is 66.7 Å². The molecule has 1 aliphatic heterocycles. The predicted molar refractivity (Wildman–Crippen MR) is 103 cm³/mol. The van der Waals surface area contributed by atoms with Crippen molar-refractivity contribution in [2.75, 3.05) is 31.1 Å². The lowest BCUT2D eigenvalue weighted by molar-refractivity contribution is 0.0749. The van der Waals surface area contributed by atoms with Crippen LogP contribution >= 0.6 is 0 Å². The van der Waals surface area contributed by atoms with Crippen molar-refractivity contribution in [2.45, 2.75) is 0 Å². The summed E-state index contributed by atoms with van der Waals surface area (Å²) in [5.41, 5.74) is 2.39. The second kappa shape index (κ2) is 6.89. The highest BCUT2D eigenvalue weighted by atomic mass is 16.2. The highest BCUT2D eigenvalue weighted by molar-refractivity contribution is 6.07. The topological polar surface area (TPSA) is 47.3 Å². The fourth-order valence-corrected chi connectivity index (χ4v) is 3.58. The maximum absolute atomic E-state index is 13.0. The van der Waals surface area contributed by atoms with E-state index >= 15 is 0 Å². The number of nitriles is 1. The molecule has 3 aromatic carbocycles. The van der Waals surface area contributed by atoms with Crippen molar-refractivity contribution in [2.24, 2.45) is 0 Å². The summed E-state index contributed by atoms with van der Waals surface area (Å²) in [6.45, 7) is 2.77. The van der Waals surface area contributed by atoms with E-state index in [4.69, 9.17) is 0 Å². The van der Waals surface area contributed by atoms with Crippen LogP contribution in [0.1, 0.15) is 15.9 Å². The van der Waals surface area contributed by atoms with E-state index in [0.717, 1.165) is 35.1 Å². The molecule has 1 amide bonds. The minimum absolute atomic E-state index is 0.0787. The molecule has 4 nitrogen and oxygen atoms in total. The van der Waals surface area contributed by atoms with Gasteiger partial charge in [-0.15, -0.1) is 0 Å². The molecule has 0 atom stereocenters. The van der Waals surface area contributed by atoms with E-state index in [1.54, 1.807) is 0 Å². The summed E-state index contributed by atoms with van der Waals surface area (Å²) < 4.78 is 0. The third-order valence-corrected chi connectivity index (χ3v) is 4.95. The number of anilines is 1. The number of amides is 1. The van der Waals surface area contributed by atoms with Crippen LogP contribution in [0, 0.1) is 11.3 Å². The number of carbonyl (C=O) groups is 1. The first-order valence-electron chi connectivity index (χ1n) is 8.79. The Hall–Kier alpha value is -3.32. The van der Waals surface area contributed by atoms with E-state index < -0.39 is 0 Å². The molecule has 4 heteroatoms. The summed E-state index contributed by atoms with van der Waals surface area (Å²) in [5.74, 6) is 0.0787. The van der Waals surface area contributed by atoms with E-state index in [0.29, 0.717) is 18.7 Å². The molecular weight excluding hydrogens is 322 g/mol. The van der Waals surface area contributed by atoms with E-state index in [1.165, 1.54) is 0 Å². The highest BCUT2D eigenvalue weighted by Gasteiger charge is 2.24. The summed E-state index contributed by atoms with van der Waals surface area (Å²) >= 11 is 0. The third kappa shape index (κ3) is 2.89. The molecule has 128 valence electrons. The van der Waals surface area contributed by atoms with Gasteiger partial charge < -0.3 is 9.80 Å². The predicted octanol–water partition coefficient (Wildman–Crippen LogP) is 3.67. The van der Waals surface area contributed by atoms with E-state index in [1.807, 2.05) is 71.6 Å². The van der Waals surface area contributed by atoms with Gasteiger partial charge in [-0.3, -0.25) is 4.79 Å². The molecule has 26 heavy (non-hydrogen) atoms. The third-order valence-electron chi connectivity index (χ3n) is 4.95. The molecule has 0 aromatic heterocycles. The van der Waals surface area contributed by atoms with Gasteiger partial charge in [0.25, 0.3) is 5.91 Å². The number of carbonyl (C=O) groups excluding carboxylic acids is 1. The molecule has 0 saturated carbocycles. The molecule has 1 aliphatic rings. The maximum atomic E-state index is 13.0. The summed E-state index contributed by atoms with van der Waals surface area (Å²) in [5, 5.41) is 11.4. The van der Waals surface area contributed by atoms with E-state index in [9.17, 15) is 10.1 Å². The smallest absolute Gasteiger partial charge is 0.254 e. The number of rotatable bonds is 2. The van der Waals surface area contributed by atoms with Crippen LogP contribution in [0.4, 0.5) is 5.69 Å². The number of fused-ring (bicyclic) bond motifs is 1. The number of para-hydroxylation sites is 1. The molecule has 1 fully saturated rings. The molecule has 0 N–H and O–H groups in total. The van der Waals surface area contributed by atoms with Gasteiger partial charge in [-0.25, -0.2) is 0 Å². The van der Waals surface area contributed by atoms with Crippen LogP contribution in [0.25, 0.3) is 10.8 Å². The van der Waals surface area contributed by atoms with Crippen molar-refractivity contribution in [3.8, 4) is 6.07 Å². The van der Waals surface area contributed by atoms with Crippen molar-refractivity contribution in [3.05, 3.63) is 77.9 Å². The molecule has 0 bridgehead atoms. The normalized spacial score (nSPS) is 14.3. The Morgan fingerprint density at radius 1 is 0.846 bits per heavy atom. The van der Waals surface area contributed by atoms with Gasteiger partial charge >= 0.3 is 0 Å². The van der Waals surface area contributed by atoms with Crippen molar-refractivity contribution in [1.29, 1.82) is 5.26 Å². The Bertz CT molecular complexity index is 992. The molecule has 0 aliphatic carbocycles. The first-order valence-corrected chi connectivity index (χ1v) is 8.79. The Morgan fingerprint density at radius 2 is 1.54 bits per heavy atom. The number of hydrogen-bond acceptors (Lipinski definition) is 3. The van der Waals surface area contributed by atoms with Gasteiger partial charge in [-0.1, -0.05) is 48.5 Å². The van der Waals surface area contributed by atoms with Crippen LogP contribution in [0.5, 0.6) is 0 Å². The van der Waals surface area contributed by atoms with Gasteiger partial charge in [0, 0.05) is 31.7 Å². The molecule has 4 rings (SSSR count). The molecule has 0 spiro atoms. The first kappa shape index (κ1) is 16.2. The lowest BCUT2D eigenvalue weighted by Crippen LogP contribution is -2.49. The summed E-state index contributed by atoms with van der Waals surface area (Å²) in [6.07, 6.45) is 0. The molecule has 0 radical (unpaired) electrons. The second-order valence-electron chi connectivity index (χ2n) is 6.43. The molecule has 3 aromatic rings. The maximum Gasteiger partial charge on any atom is 0.254 e. The van der Waals surface area contributed by atoms with Gasteiger partial charge in [0.1, 0.15) is 6.07 Å². The molecule has 0 unspecified atom stereocenters. The standard InChI is InChI=1S/C22H19N3O/c23-16-18-7-2-4-11-21(18)24-12-14-25(15-13-24)22(26)20-10-5-8-17-6-1-3-9-19(17)20/h1-11H,12-15H2. The largest absolute Gasteiger partial charge is 0.367 e. The van der Waals surface area contributed by atoms with Crippen LogP contribution in [0.2, 0.25) is 0 Å². The molecule has 1 heterocycles. The van der Waals surface area contributed by atoms with E-state index in [2.05, 4.69) is 11.0 Å². The Labute approximate surface area is 152 Å². The van der Waals surface area contributed by atoms with Crippen molar-refractivity contribution in [1.82, 2.24) is 4.90 Å². The van der Waals surface area contributed by atoms with Crippen LogP contribution in [-0.2, 0) is 0 Å². The first-order chi connectivity index (χ1) is 12.8. The minimum atomic E-state index is 0.0787. The van der Waals surface area contributed by atoms with Gasteiger partial charge in [-0.05, 0) is 29.0 Å². The van der Waals surface area contributed by atoms with Crippen LogP contribution in [0.3, 0.4) is 0 Å². The average molecular weight is 341 g/mol. The monoisotopic (exact) mass is 341 g/mol. The van der Waals surface area contributed by atoms with E-state index in [-0.39, 0.29) is 5.91 Å². The summed E-state index contributed by atoms with van der Waals surface area (Å²) in [6, 6.07) is 23.7. The summed E-state index contributed by atoms with van der Waals surface area (Å²) in [7, 11) is 0. The fraction of sp³-hybridized carbons (Fsp3) is 0.182. The van der Waals surface area contributed by atoms with Gasteiger partial charge in [-0.2, -0.15) is 5.26 Å². The van der Waals surface area contributed by atoms with Gasteiger partial charge in [0.05, 0.1) is 11.3 Å². The van der Waals surface area contributed by atoms with Gasteiger partial charge in [0.2, 0.25) is 0 Å². The Morgan fingerprint density at radius 3 is 2.35 bits per heavy atom. The number of benzene rings is 3. The van der Waals surface area contributed by atoms with Crippen molar-refractivity contribution >= 4 is 22.4 Å². The van der Waals surface area contributed by atoms with Gasteiger partial charge in [0.15, 0.2) is 0 Å². The SMILES string of the molecule is N#Cc1ccccc1N1CCN(C(=O)c2cccc3ccccc23)CC1. The zero-order valence-electron chi connectivity index (χ0n) is 14.4. The Kier molecular flexibility index (Phi) is 4.28. The zero-order chi connectivity index (χ0) is 17.9. The number of hydrogen-bond donors (Lipinski definition) is 0. The Balaban J connectivity index is 1.53. The van der Waals surface area contributed by atoms with Crippen LogP contribution < -0.4 is 4.90 Å². The molecule has 1 saturated heterocycles. The number of nitrogens with zero attached hydrogens (tertiary/aromatic N) is 3. The molecular formula is C22H19N3O. The lowest BCUT2D eigenvalue weighted by Gasteiger charge is -2.36.